The molecule has 0 N–H and O–H groups in total. The second kappa shape index (κ2) is 20.0. The van der Waals surface area contributed by atoms with E-state index in [-0.39, 0.29) is 51.0 Å². The third-order valence-electron chi connectivity index (χ3n) is 7.10. The molecule has 6 aromatic rings. The molecule has 0 bridgehead atoms. The molecule has 0 atom stereocenters. The van der Waals surface area contributed by atoms with Gasteiger partial charge in [0.25, 0.3) is 0 Å². The zero-order chi connectivity index (χ0) is 29.2. The monoisotopic (exact) mass is 718 g/mol. The zero-order valence-electron chi connectivity index (χ0n) is 26.4. The van der Waals surface area contributed by atoms with Crippen LogP contribution in [0.1, 0.15) is 22.3 Å². The van der Waals surface area contributed by atoms with Crippen LogP contribution in [0.25, 0.3) is 43.8 Å². The van der Waals surface area contributed by atoms with E-state index in [4.69, 9.17) is 9.47 Å². The largest absolute Gasteiger partial charge is 2.00 e. The van der Waals surface area contributed by atoms with Crippen LogP contribution in [-0.2, 0) is 48.9 Å². The number of hydrogen-bond donors (Lipinski definition) is 0. The molecule has 6 heteroatoms. The maximum atomic E-state index is 5.15. The van der Waals surface area contributed by atoms with Crippen molar-refractivity contribution in [3.05, 3.63) is 131 Å². The molecule has 0 saturated heterocycles. The molecular formula is C38H42Cl2O2SiZr. The van der Waals surface area contributed by atoms with Crippen LogP contribution in [0.5, 0.6) is 0 Å². The van der Waals surface area contributed by atoms with Crippen molar-refractivity contribution in [2.24, 2.45) is 0 Å². The number of halogens is 2. The van der Waals surface area contributed by atoms with Crippen molar-refractivity contribution in [1.82, 2.24) is 0 Å². The molecule has 228 valence electrons. The summed E-state index contributed by atoms with van der Waals surface area (Å²) in [5, 5.41) is 5.30. The predicted molar refractivity (Wildman–Crippen MR) is 193 cm³/mol. The fourth-order valence-electron chi connectivity index (χ4n) is 5.37. The molecule has 44 heavy (non-hydrogen) atoms. The molecule has 6 aromatic carbocycles. The van der Waals surface area contributed by atoms with E-state index in [9.17, 15) is 0 Å². The number of fused-ring (bicyclic) bond motifs is 2. The van der Waals surface area contributed by atoms with Gasteiger partial charge in [-0.05, 0) is 11.1 Å². The Balaban J connectivity index is 0.000000380. The Bertz CT molecular complexity index is 1550. The van der Waals surface area contributed by atoms with Gasteiger partial charge in [-0.3, -0.25) is 0 Å². The normalized spacial score (nSPS) is 9.95. The number of hydrogen-bond acceptors (Lipinski definition) is 2. The maximum absolute atomic E-state index is 5.15. The molecular weight excluding hydrogens is 679 g/mol. The van der Waals surface area contributed by atoms with Crippen molar-refractivity contribution in [3.8, 4) is 22.3 Å². The molecule has 0 aliphatic carbocycles. The van der Waals surface area contributed by atoms with Crippen molar-refractivity contribution in [2.45, 2.75) is 40.2 Å². The quantitative estimate of drug-likeness (QED) is 0.126. The van der Waals surface area contributed by atoms with Crippen LogP contribution in [0, 0.1) is 13.8 Å². The van der Waals surface area contributed by atoms with Gasteiger partial charge in [-0.25, -0.2) is 0 Å². The van der Waals surface area contributed by atoms with Gasteiger partial charge in [0.05, 0.1) is 13.2 Å². The second-order valence-corrected chi connectivity index (χ2v) is 11.3. The van der Waals surface area contributed by atoms with E-state index < -0.39 is 0 Å². The summed E-state index contributed by atoms with van der Waals surface area (Å²) < 4.78 is 10.3. The summed E-state index contributed by atoms with van der Waals surface area (Å²) in [6, 6.07) is 38.9. The van der Waals surface area contributed by atoms with Gasteiger partial charge in [0.1, 0.15) is 0 Å². The van der Waals surface area contributed by atoms with Crippen molar-refractivity contribution in [3.63, 3.8) is 0 Å². The summed E-state index contributed by atoms with van der Waals surface area (Å²) in [5.74, 6) is 0. The first-order chi connectivity index (χ1) is 20.0. The number of methoxy groups -OCH3 is 2. The van der Waals surface area contributed by atoms with Gasteiger partial charge in [-0.2, -0.15) is 0 Å². The van der Waals surface area contributed by atoms with Crippen molar-refractivity contribution in [2.75, 3.05) is 14.2 Å². The Morgan fingerprint density at radius 3 is 1.18 bits per heavy atom. The number of ether oxygens (including phenoxy) is 2. The average molecular weight is 721 g/mol. The molecule has 0 unspecified atom stereocenters. The molecule has 0 amide bonds. The van der Waals surface area contributed by atoms with Gasteiger partial charge in [-0.15, -0.1) is 95.6 Å². The third-order valence-corrected chi connectivity index (χ3v) is 7.10. The predicted octanol–water partition coefficient (Wildman–Crippen LogP) is 11.0. The molecule has 0 aliphatic rings. The zero-order valence-corrected chi connectivity index (χ0v) is 31.5. The fraction of sp³-hybridized carbons (Fsp3) is 0.211. The van der Waals surface area contributed by atoms with Crippen LogP contribution in [-0.4, -0.2) is 23.7 Å². The summed E-state index contributed by atoms with van der Waals surface area (Å²) in [4.78, 5) is 0. The SMILES string of the molecule is COCc1ccc(-[c-]2c(C)cc3ccccc32)cc1.COCc1ccc(-[c-]2c(C)cc3ccccc32)cc1.C[Si]C.Cl.Cl.[Zr+2]. The van der Waals surface area contributed by atoms with Gasteiger partial charge in [0.2, 0.25) is 0 Å². The van der Waals surface area contributed by atoms with Crippen LogP contribution in [0.3, 0.4) is 0 Å². The van der Waals surface area contributed by atoms with Gasteiger partial charge in [0.15, 0.2) is 0 Å². The minimum Gasteiger partial charge on any atom is -0.380 e. The first-order valence-electron chi connectivity index (χ1n) is 14.1. The molecule has 0 spiro atoms. The molecule has 2 nitrogen and oxygen atoms in total. The first-order valence-corrected chi connectivity index (χ1v) is 16.1. The van der Waals surface area contributed by atoms with Crippen molar-refractivity contribution in [1.29, 1.82) is 0 Å². The van der Waals surface area contributed by atoms with Gasteiger partial charge >= 0.3 is 26.2 Å². The first kappa shape index (κ1) is 39.7. The van der Waals surface area contributed by atoms with Crippen molar-refractivity contribution < 1.29 is 35.7 Å². The van der Waals surface area contributed by atoms with Crippen LogP contribution >= 0.6 is 24.8 Å². The minimum atomic E-state index is 0. The van der Waals surface area contributed by atoms with Crippen LogP contribution < -0.4 is 0 Å². The number of aryl methyl sites for hydroxylation is 2. The fourth-order valence-corrected chi connectivity index (χ4v) is 5.37. The molecule has 0 aromatic heterocycles. The molecule has 0 heterocycles. The summed E-state index contributed by atoms with van der Waals surface area (Å²) in [7, 11) is 4.53. The van der Waals surface area contributed by atoms with Crippen LogP contribution in [0.4, 0.5) is 0 Å². The van der Waals surface area contributed by atoms with Gasteiger partial charge in [-0.1, -0.05) is 120 Å². The Hall–Kier alpha value is -2.30. The Labute approximate surface area is 297 Å². The van der Waals surface area contributed by atoms with E-state index in [1.54, 1.807) is 14.2 Å². The molecule has 0 aliphatic heterocycles. The topological polar surface area (TPSA) is 18.5 Å². The van der Waals surface area contributed by atoms with E-state index in [1.807, 2.05) is 0 Å². The number of benzene rings is 4. The summed E-state index contributed by atoms with van der Waals surface area (Å²) in [5.41, 5.74) is 10.3. The summed E-state index contributed by atoms with van der Waals surface area (Å²) in [6.45, 7) is 10.00. The van der Waals surface area contributed by atoms with Crippen LogP contribution in [0.15, 0.2) is 109 Å². The second-order valence-electron chi connectivity index (χ2n) is 10.3. The molecule has 2 radical (unpaired) electrons. The van der Waals surface area contributed by atoms with E-state index in [0.29, 0.717) is 13.2 Å². The molecule has 0 saturated carbocycles. The van der Waals surface area contributed by atoms with Gasteiger partial charge < -0.3 is 9.47 Å². The van der Waals surface area contributed by atoms with E-state index in [0.717, 1.165) is 9.52 Å². The number of rotatable bonds is 6. The summed E-state index contributed by atoms with van der Waals surface area (Å²) >= 11 is 0. The molecule has 0 fully saturated rings. The Morgan fingerprint density at radius 1 is 0.545 bits per heavy atom. The van der Waals surface area contributed by atoms with Crippen molar-refractivity contribution >= 4 is 55.9 Å². The Kier molecular flexibility index (Phi) is 18.0. The summed E-state index contributed by atoms with van der Waals surface area (Å²) in [6.07, 6.45) is 0. The minimum absolute atomic E-state index is 0. The van der Waals surface area contributed by atoms with Crippen LogP contribution in [0.2, 0.25) is 13.1 Å². The smallest absolute Gasteiger partial charge is 0.380 e. The third kappa shape index (κ3) is 9.85. The van der Waals surface area contributed by atoms with E-state index in [2.05, 4.69) is 136 Å². The van der Waals surface area contributed by atoms with E-state index in [1.165, 1.54) is 66.1 Å². The maximum Gasteiger partial charge on any atom is 2.00 e. The standard InChI is InChI=1S/2C18H17O.C2H6Si.2ClH.Zr/c2*1-13-11-16-5-3-4-6-17(16)18(13)15-9-7-14(8-10-15)12-19-2;1-3-2;;;/h2*3-11H,12H2,1-2H3;1-2H3;2*1H;/q2*-1;;;;+2. The Morgan fingerprint density at radius 2 is 0.864 bits per heavy atom. The van der Waals surface area contributed by atoms with E-state index >= 15 is 0 Å². The average Bonchev–Trinajstić information content (AvgIpc) is 3.50. The molecule has 6 rings (SSSR count). The van der Waals surface area contributed by atoms with Gasteiger partial charge in [0, 0.05) is 23.7 Å².